The Balaban J connectivity index is 1.43. The first-order chi connectivity index (χ1) is 14.0. The lowest BCUT2D eigenvalue weighted by Gasteiger charge is -2.39. The smallest absolute Gasteiger partial charge is 0.290 e. The van der Waals surface area contributed by atoms with E-state index in [1.54, 1.807) is 12.1 Å². The lowest BCUT2D eigenvalue weighted by atomic mass is 9.85. The van der Waals surface area contributed by atoms with Gasteiger partial charge in [-0.1, -0.05) is 23.8 Å². The summed E-state index contributed by atoms with van der Waals surface area (Å²) in [6.07, 6.45) is 3.60. The fourth-order valence-corrected chi connectivity index (χ4v) is 5.02. The van der Waals surface area contributed by atoms with Crippen LogP contribution in [0.1, 0.15) is 53.3 Å². The molecule has 3 heterocycles. The standard InChI is InChI=1S/C24H22FNO3/c1-14-2-9-22-20(10-14)21(27)13-23(29-22)24(28)26-18-7-8-19(26)12-16(11-18)15-3-5-17(25)6-4-15/h2-6,9-10,13,16,18-19H,7-8,11-12H2,1H3. The Labute approximate surface area is 167 Å². The van der Waals surface area contributed by atoms with Crippen molar-refractivity contribution in [2.75, 3.05) is 0 Å². The second kappa shape index (κ2) is 6.83. The van der Waals surface area contributed by atoms with E-state index in [-0.39, 0.29) is 35.0 Å². The van der Waals surface area contributed by atoms with Crippen molar-refractivity contribution in [3.05, 3.63) is 81.5 Å². The molecule has 2 aliphatic rings. The third-order valence-electron chi connectivity index (χ3n) is 6.40. The highest BCUT2D eigenvalue weighted by atomic mass is 19.1. The van der Waals surface area contributed by atoms with Crippen LogP contribution in [0.15, 0.2) is 57.7 Å². The van der Waals surface area contributed by atoms with Gasteiger partial charge in [0.1, 0.15) is 11.4 Å². The quantitative estimate of drug-likeness (QED) is 0.631. The third kappa shape index (κ3) is 3.15. The van der Waals surface area contributed by atoms with Crippen molar-refractivity contribution in [3.63, 3.8) is 0 Å². The van der Waals surface area contributed by atoms with Crippen LogP contribution in [0, 0.1) is 12.7 Å². The summed E-state index contributed by atoms with van der Waals surface area (Å²) in [7, 11) is 0. The van der Waals surface area contributed by atoms with E-state index in [1.807, 2.05) is 30.0 Å². The Morgan fingerprint density at radius 3 is 2.41 bits per heavy atom. The van der Waals surface area contributed by atoms with Gasteiger partial charge in [0.15, 0.2) is 11.2 Å². The molecule has 148 valence electrons. The first-order valence-corrected chi connectivity index (χ1v) is 10.1. The van der Waals surface area contributed by atoms with Gasteiger partial charge in [0, 0.05) is 18.2 Å². The third-order valence-corrected chi connectivity index (χ3v) is 6.40. The van der Waals surface area contributed by atoms with E-state index >= 15 is 0 Å². The van der Waals surface area contributed by atoms with Crippen LogP contribution < -0.4 is 5.43 Å². The number of hydrogen-bond acceptors (Lipinski definition) is 3. The monoisotopic (exact) mass is 391 g/mol. The van der Waals surface area contributed by atoms with Crippen LogP contribution in [0.25, 0.3) is 11.0 Å². The van der Waals surface area contributed by atoms with Crippen molar-refractivity contribution in [2.24, 2.45) is 0 Å². The van der Waals surface area contributed by atoms with E-state index in [0.717, 1.165) is 36.8 Å². The molecule has 3 aromatic rings. The number of fused-ring (bicyclic) bond motifs is 3. The van der Waals surface area contributed by atoms with Gasteiger partial charge in [0.2, 0.25) is 0 Å². The van der Waals surface area contributed by atoms with Crippen molar-refractivity contribution in [1.82, 2.24) is 4.90 Å². The van der Waals surface area contributed by atoms with E-state index in [1.165, 1.54) is 18.2 Å². The molecule has 0 spiro atoms. The Hall–Kier alpha value is -2.95. The largest absolute Gasteiger partial charge is 0.451 e. The average molecular weight is 391 g/mol. The fraction of sp³-hybridized carbons (Fsp3) is 0.333. The number of benzene rings is 2. The van der Waals surface area contributed by atoms with Gasteiger partial charge in [-0.3, -0.25) is 9.59 Å². The van der Waals surface area contributed by atoms with Crippen LogP contribution in [-0.2, 0) is 0 Å². The molecule has 2 fully saturated rings. The lowest BCUT2D eigenvalue weighted by molar-refractivity contribution is 0.0539. The maximum absolute atomic E-state index is 13.3. The van der Waals surface area contributed by atoms with E-state index in [4.69, 9.17) is 4.42 Å². The molecule has 2 atom stereocenters. The maximum atomic E-state index is 13.3. The molecular formula is C24H22FNO3. The Morgan fingerprint density at radius 1 is 1.03 bits per heavy atom. The van der Waals surface area contributed by atoms with Crippen LogP contribution in [0.2, 0.25) is 0 Å². The number of carbonyl (C=O) groups excluding carboxylic acids is 1. The van der Waals surface area contributed by atoms with Crippen molar-refractivity contribution >= 4 is 16.9 Å². The Kier molecular flexibility index (Phi) is 4.26. The number of nitrogens with zero attached hydrogens (tertiary/aromatic N) is 1. The highest BCUT2D eigenvalue weighted by Gasteiger charge is 2.44. The van der Waals surface area contributed by atoms with Gasteiger partial charge in [-0.05, 0) is 68.4 Å². The minimum atomic E-state index is -0.231. The minimum Gasteiger partial charge on any atom is -0.451 e. The molecule has 2 saturated heterocycles. The van der Waals surface area contributed by atoms with Crippen LogP contribution in [0.5, 0.6) is 0 Å². The molecule has 2 aromatic carbocycles. The molecule has 0 aliphatic carbocycles. The Morgan fingerprint density at radius 2 is 1.72 bits per heavy atom. The fourth-order valence-electron chi connectivity index (χ4n) is 5.02. The van der Waals surface area contributed by atoms with Gasteiger partial charge in [-0.2, -0.15) is 0 Å². The van der Waals surface area contributed by atoms with Crippen LogP contribution in [0.3, 0.4) is 0 Å². The zero-order chi connectivity index (χ0) is 20.1. The predicted molar refractivity (Wildman–Crippen MR) is 109 cm³/mol. The molecule has 2 unspecified atom stereocenters. The summed E-state index contributed by atoms with van der Waals surface area (Å²) < 4.78 is 19.1. The van der Waals surface area contributed by atoms with Crippen molar-refractivity contribution in [2.45, 2.75) is 50.6 Å². The summed E-state index contributed by atoms with van der Waals surface area (Å²) in [5.41, 5.74) is 2.36. The molecule has 0 saturated carbocycles. The zero-order valence-corrected chi connectivity index (χ0v) is 16.2. The van der Waals surface area contributed by atoms with Gasteiger partial charge in [0.05, 0.1) is 5.39 Å². The highest BCUT2D eigenvalue weighted by Crippen LogP contribution is 2.43. The number of rotatable bonds is 2. The minimum absolute atomic E-state index is 0.114. The molecule has 5 rings (SSSR count). The number of halogens is 1. The molecule has 4 nitrogen and oxygen atoms in total. The normalized spacial score (nSPS) is 23.5. The molecule has 5 heteroatoms. The summed E-state index contributed by atoms with van der Waals surface area (Å²) in [5.74, 6) is 0.00714. The van der Waals surface area contributed by atoms with Gasteiger partial charge in [0.25, 0.3) is 5.91 Å². The summed E-state index contributed by atoms with van der Waals surface area (Å²) in [5, 5.41) is 0.500. The van der Waals surface area contributed by atoms with E-state index < -0.39 is 0 Å². The SMILES string of the molecule is Cc1ccc2oc(C(=O)N3C4CCC3CC(c3ccc(F)cc3)C4)cc(=O)c2c1. The molecule has 29 heavy (non-hydrogen) atoms. The van der Waals surface area contributed by atoms with Gasteiger partial charge >= 0.3 is 0 Å². The number of amides is 1. The number of hydrogen-bond donors (Lipinski definition) is 0. The van der Waals surface area contributed by atoms with Gasteiger partial charge < -0.3 is 9.32 Å². The van der Waals surface area contributed by atoms with Crippen LogP contribution >= 0.6 is 0 Å². The number of aryl methyl sites for hydroxylation is 1. The lowest BCUT2D eigenvalue weighted by Crippen LogP contribution is -2.46. The molecular weight excluding hydrogens is 369 g/mol. The topological polar surface area (TPSA) is 50.5 Å². The summed E-state index contributed by atoms with van der Waals surface area (Å²) in [4.78, 5) is 27.7. The summed E-state index contributed by atoms with van der Waals surface area (Å²) in [6, 6.07) is 13.7. The first-order valence-electron chi connectivity index (χ1n) is 10.1. The zero-order valence-electron chi connectivity index (χ0n) is 16.2. The molecule has 0 radical (unpaired) electrons. The molecule has 1 amide bonds. The molecule has 2 aliphatic heterocycles. The van der Waals surface area contributed by atoms with Crippen molar-refractivity contribution in [3.8, 4) is 0 Å². The average Bonchev–Trinajstić information content (AvgIpc) is 2.97. The van der Waals surface area contributed by atoms with E-state index in [2.05, 4.69) is 0 Å². The number of carbonyl (C=O) groups is 1. The summed E-state index contributed by atoms with van der Waals surface area (Å²) in [6.45, 7) is 1.92. The van der Waals surface area contributed by atoms with Gasteiger partial charge in [-0.15, -0.1) is 0 Å². The van der Waals surface area contributed by atoms with E-state index in [0.29, 0.717) is 16.9 Å². The second-order valence-corrected chi connectivity index (χ2v) is 8.29. The maximum Gasteiger partial charge on any atom is 0.290 e. The van der Waals surface area contributed by atoms with Crippen molar-refractivity contribution < 1.29 is 13.6 Å². The van der Waals surface area contributed by atoms with E-state index in [9.17, 15) is 14.0 Å². The molecule has 0 N–H and O–H groups in total. The van der Waals surface area contributed by atoms with Crippen molar-refractivity contribution in [1.29, 1.82) is 0 Å². The van der Waals surface area contributed by atoms with Crippen LogP contribution in [-0.4, -0.2) is 22.9 Å². The molecule has 2 bridgehead atoms. The van der Waals surface area contributed by atoms with Crippen LogP contribution in [0.4, 0.5) is 4.39 Å². The predicted octanol–water partition coefficient (Wildman–Crippen LogP) is 4.79. The Bertz CT molecular complexity index is 1140. The molecule has 1 aromatic heterocycles. The summed E-state index contributed by atoms with van der Waals surface area (Å²) >= 11 is 0. The second-order valence-electron chi connectivity index (χ2n) is 8.29. The first kappa shape index (κ1) is 18.1. The highest BCUT2D eigenvalue weighted by molar-refractivity contribution is 5.94. The number of piperidine rings is 1. The van der Waals surface area contributed by atoms with Gasteiger partial charge in [-0.25, -0.2) is 4.39 Å².